The summed E-state index contributed by atoms with van der Waals surface area (Å²) in [5.74, 6) is 0.191. The number of ketones is 1. The molecule has 110 valence electrons. The number of thioether (sulfide) groups is 1. The molecule has 0 saturated carbocycles. The van der Waals surface area contributed by atoms with Crippen LogP contribution in [0, 0.1) is 0 Å². The number of benzene rings is 2. The second kappa shape index (κ2) is 5.03. The Hall–Kier alpha value is -2.00. The minimum absolute atomic E-state index is 0.191. The van der Waals surface area contributed by atoms with Gasteiger partial charge < -0.3 is 4.90 Å². The second-order valence-corrected chi connectivity index (χ2v) is 7.01. The molecule has 0 amide bonds. The number of hydrogen-bond donors (Lipinski definition) is 0. The molecule has 0 aromatic heterocycles. The fourth-order valence-electron chi connectivity index (χ4n) is 3.23. The predicted octanol–water partition coefficient (Wildman–Crippen LogP) is 4.66. The molecule has 0 spiro atoms. The number of rotatable bonds is 1. The van der Waals surface area contributed by atoms with Crippen molar-refractivity contribution < 1.29 is 4.79 Å². The lowest BCUT2D eigenvalue weighted by atomic mass is 10.1. The van der Waals surface area contributed by atoms with Crippen LogP contribution in [-0.2, 0) is 6.42 Å². The molecule has 1 heterocycles. The lowest BCUT2D eigenvalue weighted by Crippen LogP contribution is -2.27. The normalized spacial score (nSPS) is 19.8. The van der Waals surface area contributed by atoms with Gasteiger partial charge in [-0.1, -0.05) is 48.2 Å². The summed E-state index contributed by atoms with van der Waals surface area (Å²) in [6.07, 6.45) is 0.745. The van der Waals surface area contributed by atoms with Crippen LogP contribution in [0.4, 0.5) is 5.69 Å². The van der Waals surface area contributed by atoms with Crippen molar-refractivity contribution in [3.63, 3.8) is 0 Å². The highest BCUT2D eigenvalue weighted by Crippen LogP contribution is 2.49. The first-order valence-electron chi connectivity index (χ1n) is 7.58. The molecule has 22 heavy (non-hydrogen) atoms. The molecule has 0 atom stereocenters. The van der Waals surface area contributed by atoms with E-state index < -0.39 is 0 Å². The van der Waals surface area contributed by atoms with Crippen LogP contribution in [-0.4, -0.2) is 11.8 Å². The zero-order chi connectivity index (χ0) is 15.3. The van der Waals surface area contributed by atoms with Crippen molar-refractivity contribution in [3.05, 3.63) is 70.3 Å². The Morgan fingerprint density at radius 2 is 1.77 bits per heavy atom. The Labute approximate surface area is 134 Å². The maximum absolute atomic E-state index is 12.8. The minimum atomic E-state index is 0.191. The Morgan fingerprint density at radius 1 is 1.05 bits per heavy atom. The van der Waals surface area contributed by atoms with Crippen LogP contribution < -0.4 is 4.90 Å². The van der Waals surface area contributed by atoms with E-state index >= 15 is 0 Å². The molecule has 0 fully saturated rings. The molecule has 4 rings (SSSR count). The number of Topliss-reactive ketones (excluding diaryl/α,β-unsaturated/α-hetero) is 1. The SMILES string of the molecule is CC(C)N1/C(=C2\Cc3ccccc3C2=O)Sc2ccccc21. The molecule has 0 saturated heterocycles. The fourth-order valence-corrected chi connectivity index (χ4v) is 4.55. The summed E-state index contributed by atoms with van der Waals surface area (Å²) in [6.45, 7) is 4.35. The zero-order valence-electron chi connectivity index (χ0n) is 12.7. The van der Waals surface area contributed by atoms with Gasteiger partial charge in [-0.25, -0.2) is 0 Å². The summed E-state index contributed by atoms with van der Waals surface area (Å²) in [4.78, 5) is 16.3. The summed E-state index contributed by atoms with van der Waals surface area (Å²) in [5.41, 5.74) is 4.17. The van der Waals surface area contributed by atoms with Gasteiger partial charge in [0.15, 0.2) is 5.78 Å². The van der Waals surface area contributed by atoms with E-state index in [0.29, 0.717) is 6.04 Å². The second-order valence-electron chi connectivity index (χ2n) is 5.98. The summed E-state index contributed by atoms with van der Waals surface area (Å²) >= 11 is 1.73. The number of anilines is 1. The molecule has 0 radical (unpaired) electrons. The molecule has 2 nitrogen and oxygen atoms in total. The number of carbonyl (C=O) groups excluding carboxylic acids is 1. The van der Waals surface area contributed by atoms with Crippen LogP contribution in [0.5, 0.6) is 0 Å². The van der Waals surface area contributed by atoms with Crippen LogP contribution in [0.3, 0.4) is 0 Å². The smallest absolute Gasteiger partial charge is 0.192 e. The van der Waals surface area contributed by atoms with Crippen LogP contribution in [0.1, 0.15) is 29.8 Å². The summed E-state index contributed by atoms with van der Waals surface area (Å²) in [5, 5.41) is 1.11. The lowest BCUT2D eigenvalue weighted by Gasteiger charge is -2.26. The largest absolute Gasteiger partial charge is 0.332 e. The van der Waals surface area contributed by atoms with Gasteiger partial charge in [-0.05, 0) is 31.5 Å². The highest BCUT2D eigenvalue weighted by molar-refractivity contribution is 8.03. The van der Waals surface area contributed by atoms with Crippen LogP contribution in [0.25, 0.3) is 0 Å². The molecule has 0 bridgehead atoms. The first kappa shape index (κ1) is 13.6. The number of hydrogen-bond acceptors (Lipinski definition) is 3. The maximum Gasteiger partial charge on any atom is 0.192 e. The highest BCUT2D eigenvalue weighted by atomic mass is 32.2. The number of fused-ring (bicyclic) bond motifs is 2. The van der Waals surface area contributed by atoms with Gasteiger partial charge in [-0.15, -0.1) is 0 Å². The van der Waals surface area contributed by atoms with Gasteiger partial charge in [-0.2, -0.15) is 0 Å². The number of carbonyl (C=O) groups is 1. The topological polar surface area (TPSA) is 20.3 Å². The molecule has 2 aromatic rings. The number of allylic oxidation sites excluding steroid dienone is 1. The van der Waals surface area contributed by atoms with Gasteiger partial charge in [0, 0.05) is 28.5 Å². The third kappa shape index (κ3) is 1.92. The Balaban J connectivity index is 1.86. The highest BCUT2D eigenvalue weighted by Gasteiger charge is 2.35. The van der Waals surface area contributed by atoms with E-state index in [1.54, 1.807) is 11.8 Å². The van der Waals surface area contributed by atoms with Crippen molar-refractivity contribution in [2.45, 2.75) is 31.2 Å². The third-order valence-corrected chi connectivity index (χ3v) is 5.43. The van der Waals surface area contributed by atoms with E-state index in [9.17, 15) is 4.79 Å². The Kier molecular flexibility index (Phi) is 3.12. The molecular formula is C19H17NOS. The first-order valence-corrected chi connectivity index (χ1v) is 8.40. The van der Waals surface area contributed by atoms with Crippen molar-refractivity contribution in [3.8, 4) is 0 Å². The fraction of sp³-hybridized carbons (Fsp3) is 0.211. The number of para-hydroxylation sites is 1. The summed E-state index contributed by atoms with van der Waals surface area (Å²) < 4.78 is 0. The van der Waals surface area contributed by atoms with Gasteiger partial charge in [0.25, 0.3) is 0 Å². The van der Waals surface area contributed by atoms with E-state index in [1.165, 1.54) is 10.6 Å². The molecule has 1 aliphatic heterocycles. The van der Waals surface area contributed by atoms with Crippen molar-refractivity contribution in [2.75, 3.05) is 4.90 Å². The van der Waals surface area contributed by atoms with Gasteiger partial charge in [0.1, 0.15) is 0 Å². The molecular weight excluding hydrogens is 290 g/mol. The average molecular weight is 307 g/mol. The van der Waals surface area contributed by atoms with E-state index in [4.69, 9.17) is 0 Å². The van der Waals surface area contributed by atoms with E-state index in [1.807, 2.05) is 18.2 Å². The zero-order valence-corrected chi connectivity index (χ0v) is 13.5. The Morgan fingerprint density at radius 3 is 2.55 bits per heavy atom. The van der Waals surface area contributed by atoms with Crippen molar-refractivity contribution in [2.24, 2.45) is 0 Å². The molecule has 3 heteroatoms. The summed E-state index contributed by atoms with van der Waals surface area (Å²) in [7, 11) is 0. The van der Waals surface area contributed by atoms with E-state index in [2.05, 4.69) is 49.1 Å². The van der Waals surface area contributed by atoms with Gasteiger partial charge >= 0.3 is 0 Å². The quantitative estimate of drug-likeness (QED) is 0.715. The van der Waals surface area contributed by atoms with E-state index in [-0.39, 0.29) is 5.78 Å². The summed E-state index contributed by atoms with van der Waals surface area (Å²) in [6, 6.07) is 16.7. The number of nitrogens with zero attached hydrogens (tertiary/aromatic N) is 1. The van der Waals surface area contributed by atoms with Crippen LogP contribution in [0.2, 0.25) is 0 Å². The molecule has 1 aliphatic carbocycles. The Bertz CT molecular complexity index is 807. The third-order valence-electron chi connectivity index (χ3n) is 4.23. The maximum atomic E-state index is 12.8. The minimum Gasteiger partial charge on any atom is -0.332 e. The van der Waals surface area contributed by atoms with Crippen molar-refractivity contribution >= 4 is 23.2 Å². The van der Waals surface area contributed by atoms with Gasteiger partial charge in [-0.3, -0.25) is 4.79 Å². The molecule has 0 unspecified atom stereocenters. The van der Waals surface area contributed by atoms with Crippen molar-refractivity contribution in [1.29, 1.82) is 0 Å². The monoisotopic (exact) mass is 307 g/mol. The van der Waals surface area contributed by atoms with E-state index in [0.717, 1.165) is 28.1 Å². The van der Waals surface area contributed by atoms with Gasteiger partial charge in [0.05, 0.1) is 10.7 Å². The predicted molar refractivity (Wildman–Crippen MR) is 91.4 cm³/mol. The molecule has 2 aromatic carbocycles. The molecule has 2 aliphatic rings. The van der Waals surface area contributed by atoms with Crippen LogP contribution >= 0.6 is 11.8 Å². The van der Waals surface area contributed by atoms with Crippen molar-refractivity contribution in [1.82, 2.24) is 0 Å². The lowest BCUT2D eigenvalue weighted by molar-refractivity contribution is 0.103. The molecule has 0 N–H and O–H groups in total. The average Bonchev–Trinajstić information content (AvgIpc) is 3.06. The van der Waals surface area contributed by atoms with Crippen LogP contribution in [0.15, 0.2) is 64.0 Å². The standard InChI is InChI=1S/C19H17NOS/c1-12(2)20-16-9-5-6-10-17(16)22-19(20)15-11-13-7-3-4-8-14(13)18(15)21/h3-10,12H,11H2,1-2H3/b19-15-. The van der Waals surface area contributed by atoms with Gasteiger partial charge in [0.2, 0.25) is 0 Å². The first-order chi connectivity index (χ1) is 10.7.